The van der Waals surface area contributed by atoms with E-state index in [1.165, 1.54) is 6.34 Å². The molecule has 0 bridgehead atoms. The molecule has 0 aromatic rings. The number of hydrogen-bond acceptors (Lipinski definition) is 4. The summed E-state index contributed by atoms with van der Waals surface area (Å²) < 4.78 is 0. The van der Waals surface area contributed by atoms with E-state index >= 15 is 0 Å². The fourth-order valence-corrected chi connectivity index (χ4v) is 0.976. The van der Waals surface area contributed by atoms with Crippen LogP contribution in [0.15, 0.2) is 10.1 Å². The lowest BCUT2D eigenvalue weighted by Gasteiger charge is -2.16. The summed E-state index contributed by atoms with van der Waals surface area (Å²) in [5.41, 5.74) is 2.70. The first kappa shape index (κ1) is 5.40. The summed E-state index contributed by atoms with van der Waals surface area (Å²) in [6, 6.07) is 0. The number of fused-ring (bicyclic) bond motifs is 1. The number of carbonyl (C=O) groups excluding carboxylic acids is 1. The lowest BCUT2D eigenvalue weighted by atomic mass is 10.1. The third-order valence-electron chi connectivity index (χ3n) is 1.53. The molecule has 0 aromatic carbocycles. The van der Waals surface area contributed by atoms with Crippen molar-refractivity contribution in [3.05, 3.63) is 0 Å². The van der Waals surface area contributed by atoms with Gasteiger partial charge in [0.25, 0.3) is 0 Å². The van der Waals surface area contributed by atoms with Crippen molar-refractivity contribution in [2.75, 3.05) is 0 Å². The van der Waals surface area contributed by atoms with Crippen LogP contribution in [0.2, 0.25) is 0 Å². The van der Waals surface area contributed by atoms with Crippen LogP contribution in [0.3, 0.4) is 0 Å². The van der Waals surface area contributed by atoms with Crippen molar-refractivity contribution in [3.8, 4) is 0 Å². The first-order chi connectivity index (χ1) is 4.88. The molecule has 5 heteroatoms. The van der Waals surface area contributed by atoms with Crippen LogP contribution in [-0.4, -0.2) is 24.6 Å². The lowest BCUT2D eigenvalue weighted by Crippen LogP contribution is -2.43. The van der Waals surface area contributed by atoms with Crippen LogP contribution in [0.5, 0.6) is 0 Å². The standard InChI is InChI=1S/C5H6N4O/c10-5-3-1-8-9-4(3)6-2-7-5/h1-4,9H,(H,6,7,10)/t3-,4-/m1/s1. The van der Waals surface area contributed by atoms with Crippen LogP contribution in [0, 0.1) is 5.92 Å². The fraction of sp³-hybridized carbons (Fsp3) is 0.400. The van der Waals surface area contributed by atoms with Crippen molar-refractivity contribution in [1.29, 1.82) is 0 Å². The van der Waals surface area contributed by atoms with Crippen LogP contribution < -0.4 is 10.7 Å². The minimum absolute atomic E-state index is 0.0475. The smallest absolute Gasteiger partial charge is 0.237 e. The predicted molar refractivity (Wildman–Crippen MR) is 35.5 cm³/mol. The normalized spacial score (nSPS) is 35.0. The quantitative estimate of drug-likeness (QED) is 0.436. The average molecular weight is 138 g/mol. The average Bonchev–Trinajstić information content (AvgIpc) is 2.36. The molecule has 2 rings (SSSR count). The zero-order valence-corrected chi connectivity index (χ0v) is 5.11. The summed E-state index contributed by atoms with van der Waals surface area (Å²) >= 11 is 0. The van der Waals surface area contributed by atoms with Crippen LogP contribution in [0.4, 0.5) is 0 Å². The Bertz CT molecular complexity index is 222. The second-order valence-electron chi connectivity index (χ2n) is 2.16. The minimum Gasteiger partial charge on any atom is -0.316 e. The van der Waals surface area contributed by atoms with Crippen LogP contribution >= 0.6 is 0 Å². The molecule has 2 atom stereocenters. The molecule has 2 aliphatic rings. The maximum atomic E-state index is 10.9. The molecule has 5 nitrogen and oxygen atoms in total. The highest BCUT2D eigenvalue weighted by atomic mass is 16.2. The van der Waals surface area contributed by atoms with E-state index in [0.717, 1.165) is 0 Å². The van der Waals surface area contributed by atoms with Crippen molar-refractivity contribution < 1.29 is 4.79 Å². The Morgan fingerprint density at radius 3 is 3.30 bits per heavy atom. The summed E-state index contributed by atoms with van der Waals surface area (Å²) in [5, 5.41) is 6.22. The van der Waals surface area contributed by atoms with Crippen LogP contribution in [-0.2, 0) is 4.79 Å². The summed E-state index contributed by atoms with van der Waals surface area (Å²) in [4.78, 5) is 14.9. The third kappa shape index (κ3) is 0.601. The minimum atomic E-state index is -0.218. The van der Waals surface area contributed by atoms with Gasteiger partial charge in [-0.3, -0.25) is 10.2 Å². The molecule has 0 radical (unpaired) electrons. The Morgan fingerprint density at radius 2 is 2.50 bits per heavy atom. The first-order valence-electron chi connectivity index (χ1n) is 2.99. The topological polar surface area (TPSA) is 65.8 Å². The Balaban J connectivity index is 2.28. The highest BCUT2D eigenvalue weighted by Gasteiger charge is 2.31. The van der Waals surface area contributed by atoms with E-state index in [1.807, 2.05) is 0 Å². The van der Waals surface area contributed by atoms with Gasteiger partial charge in [-0.1, -0.05) is 0 Å². The van der Waals surface area contributed by atoms with Gasteiger partial charge in [-0.15, -0.1) is 0 Å². The van der Waals surface area contributed by atoms with Crippen LogP contribution in [0.25, 0.3) is 0 Å². The highest BCUT2D eigenvalue weighted by Crippen LogP contribution is 2.10. The van der Waals surface area contributed by atoms with E-state index in [4.69, 9.17) is 0 Å². The molecular formula is C5H6N4O. The number of carbonyl (C=O) groups is 1. The zero-order valence-electron chi connectivity index (χ0n) is 5.11. The number of rotatable bonds is 0. The SMILES string of the molecule is O=C1NC=N[C@@H]2NN=C[C@@H]12. The zero-order chi connectivity index (χ0) is 6.97. The van der Waals surface area contributed by atoms with Gasteiger partial charge in [-0.25, -0.2) is 4.99 Å². The molecule has 1 amide bonds. The molecule has 2 aliphatic heterocycles. The van der Waals surface area contributed by atoms with Gasteiger partial charge >= 0.3 is 0 Å². The Hall–Kier alpha value is -1.39. The molecule has 0 fully saturated rings. The van der Waals surface area contributed by atoms with E-state index in [1.54, 1.807) is 6.21 Å². The van der Waals surface area contributed by atoms with Gasteiger partial charge in [-0.2, -0.15) is 5.10 Å². The number of aliphatic imine (C=N–C) groups is 1. The lowest BCUT2D eigenvalue weighted by molar-refractivity contribution is -0.122. The summed E-state index contributed by atoms with van der Waals surface area (Å²) in [5.74, 6) is -0.265. The van der Waals surface area contributed by atoms with Gasteiger partial charge in [0.1, 0.15) is 5.92 Å². The number of hydrogen-bond donors (Lipinski definition) is 2. The largest absolute Gasteiger partial charge is 0.316 e. The molecule has 0 aliphatic carbocycles. The Kier molecular flexibility index (Phi) is 0.969. The summed E-state index contributed by atoms with van der Waals surface area (Å²) in [7, 11) is 0. The molecule has 52 valence electrons. The van der Waals surface area contributed by atoms with Crippen molar-refractivity contribution in [1.82, 2.24) is 10.7 Å². The summed E-state index contributed by atoms with van der Waals surface area (Å²) in [6.07, 6.45) is 2.79. The molecule has 0 spiro atoms. The Morgan fingerprint density at radius 1 is 1.60 bits per heavy atom. The molecule has 2 N–H and O–H groups in total. The number of nitrogens with one attached hydrogen (secondary N) is 2. The molecule has 0 saturated heterocycles. The fourth-order valence-electron chi connectivity index (χ4n) is 0.976. The van der Waals surface area contributed by atoms with Crippen molar-refractivity contribution in [2.45, 2.75) is 6.17 Å². The van der Waals surface area contributed by atoms with E-state index in [-0.39, 0.29) is 18.0 Å². The molecule has 0 unspecified atom stereocenters. The van der Waals surface area contributed by atoms with Crippen molar-refractivity contribution in [2.24, 2.45) is 16.0 Å². The predicted octanol–water partition coefficient (Wildman–Crippen LogP) is -1.32. The van der Waals surface area contributed by atoms with E-state index in [0.29, 0.717) is 0 Å². The van der Waals surface area contributed by atoms with E-state index < -0.39 is 0 Å². The number of hydrazone groups is 1. The van der Waals surface area contributed by atoms with Gasteiger partial charge in [0.15, 0.2) is 6.17 Å². The van der Waals surface area contributed by atoms with Gasteiger partial charge < -0.3 is 5.32 Å². The Labute approximate surface area is 57.2 Å². The van der Waals surface area contributed by atoms with Crippen molar-refractivity contribution in [3.63, 3.8) is 0 Å². The van der Waals surface area contributed by atoms with Gasteiger partial charge in [0.2, 0.25) is 5.91 Å². The monoisotopic (exact) mass is 138 g/mol. The third-order valence-corrected chi connectivity index (χ3v) is 1.53. The second-order valence-corrected chi connectivity index (χ2v) is 2.16. The maximum absolute atomic E-state index is 10.9. The molecule has 10 heavy (non-hydrogen) atoms. The number of nitrogens with zero attached hydrogens (tertiary/aromatic N) is 2. The van der Waals surface area contributed by atoms with Crippen molar-refractivity contribution >= 4 is 18.5 Å². The number of amides is 1. The van der Waals surface area contributed by atoms with Gasteiger partial charge in [0.05, 0.1) is 6.34 Å². The molecule has 0 saturated carbocycles. The van der Waals surface area contributed by atoms with Gasteiger partial charge in [0, 0.05) is 6.21 Å². The molecule has 2 heterocycles. The van der Waals surface area contributed by atoms with E-state index in [9.17, 15) is 4.79 Å². The summed E-state index contributed by atoms with van der Waals surface area (Å²) in [6.45, 7) is 0. The van der Waals surface area contributed by atoms with Gasteiger partial charge in [-0.05, 0) is 0 Å². The first-order valence-corrected chi connectivity index (χ1v) is 2.99. The van der Waals surface area contributed by atoms with Crippen LogP contribution in [0.1, 0.15) is 0 Å². The van der Waals surface area contributed by atoms with E-state index in [2.05, 4.69) is 20.8 Å². The molecule has 0 aromatic heterocycles. The maximum Gasteiger partial charge on any atom is 0.237 e. The second kappa shape index (κ2) is 1.80. The highest BCUT2D eigenvalue weighted by molar-refractivity contribution is 6.01. The molecular weight excluding hydrogens is 132 g/mol.